The van der Waals surface area contributed by atoms with Crippen LogP contribution in [0.15, 0.2) is 30.3 Å². The topological polar surface area (TPSA) is 104 Å². The number of carbonyl (C=O) groups excluding carboxylic acids is 2. The normalized spacial score (nSPS) is 18.5. The SMILES string of the molecule is COc1cc(OC)c(C(=O)NCC2CCC(C(=O)NCc3ccc4c(c3)OCO4)CC2)cc1OC. The first kappa shape index (κ1) is 24.5. The molecule has 0 saturated heterocycles. The number of ether oxygens (including phenoxy) is 5. The Hall–Kier alpha value is -3.62. The van der Waals surface area contributed by atoms with E-state index in [9.17, 15) is 9.59 Å². The van der Waals surface area contributed by atoms with Gasteiger partial charge in [-0.05, 0) is 49.3 Å². The lowest BCUT2D eigenvalue weighted by molar-refractivity contribution is -0.126. The summed E-state index contributed by atoms with van der Waals surface area (Å²) in [6.07, 6.45) is 3.36. The first-order valence-electron chi connectivity index (χ1n) is 11.8. The summed E-state index contributed by atoms with van der Waals surface area (Å²) in [5.41, 5.74) is 1.37. The van der Waals surface area contributed by atoms with E-state index in [2.05, 4.69) is 10.6 Å². The zero-order chi connectivity index (χ0) is 24.8. The van der Waals surface area contributed by atoms with Crippen LogP contribution in [0.5, 0.6) is 28.7 Å². The zero-order valence-corrected chi connectivity index (χ0v) is 20.3. The molecule has 1 aliphatic heterocycles. The maximum absolute atomic E-state index is 12.8. The van der Waals surface area contributed by atoms with Gasteiger partial charge in [0.25, 0.3) is 5.91 Å². The van der Waals surface area contributed by atoms with Gasteiger partial charge in [-0.1, -0.05) is 6.07 Å². The highest BCUT2D eigenvalue weighted by Crippen LogP contribution is 2.35. The molecular weight excluding hydrogens is 452 g/mol. The molecule has 1 heterocycles. The molecule has 9 nitrogen and oxygen atoms in total. The Labute approximate surface area is 205 Å². The van der Waals surface area contributed by atoms with E-state index in [1.807, 2.05) is 18.2 Å². The van der Waals surface area contributed by atoms with Crippen molar-refractivity contribution in [2.45, 2.75) is 32.2 Å². The van der Waals surface area contributed by atoms with Crippen LogP contribution in [0.25, 0.3) is 0 Å². The molecule has 0 spiro atoms. The van der Waals surface area contributed by atoms with Crippen LogP contribution in [0.3, 0.4) is 0 Å². The van der Waals surface area contributed by atoms with Crippen LogP contribution in [0.2, 0.25) is 0 Å². The number of fused-ring (bicyclic) bond motifs is 1. The minimum Gasteiger partial charge on any atom is -0.496 e. The number of methoxy groups -OCH3 is 3. The molecule has 1 aliphatic carbocycles. The molecule has 1 fully saturated rings. The molecular formula is C26H32N2O7. The van der Waals surface area contributed by atoms with Gasteiger partial charge in [0.15, 0.2) is 23.0 Å². The van der Waals surface area contributed by atoms with Crippen LogP contribution >= 0.6 is 0 Å². The van der Waals surface area contributed by atoms with Gasteiger partial charge in [-0.3, -0.25) is 9.59 Å². The summed E-state index contributed by atoms with van der Waals surface area (Å²) in [5, 5.41) is 6.04. The number of carbonyl (C=O) groups is 2. The maximum atomic E-state index is 12.8. The molecule has 0 atom stereocenters. The fourth-order valence-electron chi connectivity index (χ4n) is 4.55. The van der Waals surface area contributed by atoms with E-state index in [0.29, 0.717) is 47.6 Å². The highest BCUT2D eigenvalue weighted by molar-refractivity contribution is 5.97. The van der Waals surface area contributed by atoms with Crippen molar-refractivity contribution >= 4 is 11.8 Å². The van der Waals surface area contributed by atoms with E-state index in [-0.39, 0.29) is 24.5 Å². The van der Waals surface area contributed by atoms with E-state index in [1.165, 1.54) is 21.3 Å². The first-order chi connectivity index (χ1) is 17.0. The van der Waals surface area contributed by atoms with Crippen molar-refractivity contribution in [1.82, 2.24) is 10.6 Å². The van der Waals surface area contributed by atoms with Gasteiger partial charge in [-0.2, -0.15) is 0 Å². The highest BCUT2D eigenvalue weighted by Gasteiger charge is 2.27. The Balaban J connectivity index is 1.23. The molecule has 0 unspecified atom stereocenters. The number of nitrogens with one attached hydrogen (secondary N) is 2. The molecule has 2 aliphatic rings. The van der Waals surface area contributed by atoms with Crippen molar-refractivity contribution in [1.29, 1.82) is 0 Å². The average Bonchev–Trinajstić information content (AvgIpc) is 3.37. The fourth-order valence-corrected chi connectivity index (χ4v) is 4.55. The van der Waals surface area contributed by atoms with Crippen molar-refractivity contribution in [2.75, 3.05) is 34.7 Å². The second kappa shape index (κ2) is 11.2. The molecule has 1 saturated carbocycles. The fraction of sp³-hybridized carbons (Fsp3) is 0.462. The molecule has 0 bridgehead atoms. The largest absolute Gasteiger partial charge is 0.496 e. The molecule has 188 valence electrons. The van der Waals surface area contributed by atoms with Crippen molar-refractivity contribution in [3.05, 3.63) is 41.5 Å². The predicted molar refractivity (Wildman–Crippen MR) is 128 cm³/mol. The molecule has 2 aromatic carbocycles. The Morgan fingerprint density at radius 2 is 1.54 bits per heavy atom. The van der Waals surface area contributed by atoms with Gasteiger partial charge in [0, 0.05) is 31.1 Å². The maximum Gasteiger partial charge on any atom is 0.255 e. The summed E-state index contributed by atoms with van der Waals surface area (Å²) in [7, 11) is 4.57. The molecule has 0 radical (unpaired) electrons. The molecule has 4 rings (SSSR count). The Morgan fingerprint density at radius 1 is 0.857 bits per heavy atom. The van der Waals surface area contributed by atoms with Gasteiger partial charge in [0.2, 0.25) is 12.7 Å². The van der Waals surface area contributed by atoms with Gasteiger partial charge in [-0.15, -0.1) is 0 Å². The number of rotatable bonds is 9. The van der Waals surface area contributed by atoms with Crippen LogP contribution in [-0.2, 0) is 11.3 Å². The van der Waals surface area contributed by atoms with Crippen molar-refractivity contribution in [3.8, 4) is 28.7 Å². The lowest BCUT2D eigenvalue weighted by Crippen LogP contribution is -2.36. The monoisotopic (exact) mass is 484 g/mol. The van der Waals surface area contributed by atoms with Crippen LogP contribution in [-0.4, -0.2) is 46.5 Å². The second-order valence-corrected chi connectivity index (χ2v) is 8.74. The molecule has 2 amide bonds. The number of benzene rings is 2. The summed E-state index contributed by atoms with van der Waals surface area (Å²) in [6, 6.07) is 8.95. The van der Waals surface area contributed by atoms with Gasteiger partial charge in [0.05, 0.1) is 26.9 Å². The van der Waals surface area contributed by atoms with Crippen LogP contribution in [0.1, 0.15) is 41.6 Å². The molecule has 0 aromatic heterocycles. The van der Waals surface area contributed by atoms with Crippen molar-refractivity contribution < 1.29 is 33.3 Å². The average molecular weight is 485 g/mol. The van der Waals surface area contributed by atoms with E-state index < -0.39 is 0 Å². The van der Waals surface area contributed by atoms with Gasteiger partial charge in [-0.25, -0.2) is 0 Å². The first-order valence-corrected chi connectivity index (χ1v) is 11.8. The van der Waals surface area contributed by atoms with Crippen LogP contribution in [0.4, 0.5) is 0 Å². The van der Waals surface area contributed by atoms with Gasteiger partial charge in [0.1, 0.15) is 5.75 Å². The van der Waals surface area contributed by atoms with E-state index >= 15 is 0 Å². The Morgan fingerprint density at radius 3 is 2.26 bits per heavy atom. The minimum atomic E-state index is -0.230. The third-order valence-electron chi connectivity index (χ3n) is 6.62. The number of hydrogen-bond donors (Lipinski definition) is 2. The Bertz CT molecular complexity index is 1060. The molecule has 9 heteroatoms. The third kappa shape index (κ3) is 5.72. The summed E-state index contributed by atoms with van der Waals surface area (Å²) in [4.78, 5) is 25.5. The highest BCUT2D eigenvalue weighted by atomic mass is 16.7. The van der Waals surface area contributed by atoms with Gasteiger partial charge >= 0.3 is 0 Å². The number of amides is 2. The van der Waals surface area contributed by atoms with Crippen molar-refractivity contribution in [2.24, 2.45) is 11.8 Å². The smallest absolute Gasteiger partial charge is 0.255 e. The number of hydrogen-bond acceptors (Lipinski definition) is 7. The van der Waals surface area contributed by atoms with Crippen LogP contribution in [0, 0.1) is 11.8 Å². The Kier molecular flexibility index (Phi) is 7.84. The summed E-state index contributed by atoms with van der Waals surface area (Å²) in [6.45, 7) is 1.23. The van der Waals surface area contributed by atoms with E-state index in [0.717, 1.165) is 37.0 Å². The summed E-state index contributed by atoms with van der Waals surface area (Å²) < 4.78 is 26.7. The summed E-state index contributed by atoms with van der Waals surface area (Å²) in [5.74, 6) is 2.97. The third-order valence-corrected chi connectivity index (χ3v) is 6.62. The molecule has 2 aromatic rings. The minimum absolute atomic E-state index is 0.0121. The zero-order valence-electron chi connectivity index (χ0n) is 20.3. The van der Waals surface area contributed by atoms with Crippen LogP contribution < -0.4 is 34.3 Å². The quantitative estimate of drug-likeness (QED) is 0.563. The second-order valence-electron chi connectivity index (χ2n) is 8.74. The lowest BCUT2D eigenvalue weighted by Gasteiger charge is -2.28. The van der Waals surface area contributed by atoms with Gasteiger partial charge < -0.3 is 34.3 Å². The predicted octanol–water partition coefficient (Wildman–Crippen LogP) is 3.29. The van der Waals surface area contributed by atoms with Crippen molar-refractivity contribution in [3.63, 3.8) is 0 Å². The summed E-state index contributed by atoms with van der Waals surface area (Å²) >= 11 is 0. The molecule has 2 N–H and O–H groups in total. The standard InChI is InChI=1S/C26H32N2O7/c1-31-21-12-23(33-3)22(32-2)11-19(21)26(30)28-13-16-4-7-18(8-5-16)25(29)27-14-17-6-9-20-24(10-17)35-15-34-20/h6,9-12,16,18H,4-5,7-8,13-15H2,1-3H3,(H,27,29)(H,28,30). The van der Waals surface area contributed by atoms with E-state index in [4.69, 9.17) is 23.7 Å². The van der Waals surface area contributed by atoms with E-state index in [1.54, 1.807) is 12.1 Å². The lowest BCUT2D eigenvalue weighted by atomic mass is 9.81. The molecule has 35 heavy (non-hydrogen) atoms.